The highest BCUT2D eigenvalue weighted by Crippen LogP contribution is 2.16. The molecule has 0 unspecified atom stereocenters. The Labute approximate surface area is 70.0 Å². The summed E-state index contributed by atoms with van der Waals surface area (Å²) in [6.45, 7) is 2.10. The summed E-state index contributed by atoms with van der Waals surface area (Å²) in [5.41, 5.74) is 5.04. The van der Waals surface area contributed by atoms with E-state index in [1.54, 1.807) is 11.3 Å². The van der Waals surface area contributed by atoms with Gasteiger partial charge in [0.1, 0.15) is 0 Å². The first kappa shape index (κ1) is 8.27. The van der Waals surface area contributed by atoms with Gasteiger partial charge >= 0.3 is 0 Å². The predicted octanol–water partition coefficient (Wildman–Crippen LogP) is 1.34. The largest absolute Gasteiger partial charge is 0.369 e. The molecule has 0 fully saturated rings. The maximum absolute atomic E-state index is 10.5. The third-order valence-electron chi connectivity index (χ3n) is 1.41. The van der Waals surface area contributed by atoms with E-state index in [4.69, 9.17) is 5.73 Å². The third kappa shape index (κ3) is 2.35. The predicted molar refractivity (Wildman–Crippen MR) is 46.6 cm³/mol. The number of rotatable bonds is 3. The van der Waals surface area contributed by atoms with Crippen molar-refractivity contribution in [3.63, 3.8) is 0 Å². The molecule has 1 aromatic rings. The number of nitrogens with two attached hydrogens (primary N) is 1. The molecule has 0 aliphatic carbocycles. The van der Waals surface area contributed by atoms with Crippen molar-refractivity contribution < 1.29 is 4.79 Å². The molecule has 0 atom stereocenters. The molecule has 0 aromatic carbocycles. The zero-order valence-electron chi connectivity index (χ0n) is 6.46. The molecule has 0 aliphatic rings. The van der Waals surface area contributed by atoms with Crippen LogP contribution < -0.4 is 5.73 Å². The van der Waals surface area contributed by atoms with Crippen molar-refractivity contribution in [1.82, 2.24) is 0 Å². The lowest BCUT2D eigenvalue weighted by Gasteiger charge is -1.88. The normalized spacial score (nSPS) is 9.91. The van der Waals surface area contributed by atoms with E-state index in [1.807, 2.05) is 12.1 Å². The van der Waals surface area contributed by atoms with Crippen LogP contribution >= 0.6 is 11.3 Å². The van der Waals surface area contributed by atoms with E-state index in [2.05, 4.69) is 6.92 Å². The second-order valence-electron chi connectivity index (χ2n) is 2.36. The van der Waals surface area contributed by atoms with Gasteiger partial charge < -0.3 is 5.73 Å². The zero-order chi connectivity index (χ0) is 8.27. The fourth-order valence-corrected chi connectivity index (χ4v) is 1.85. The minimum Gasteiger partial charge on any atom is -0.369 e. The quantitative estimate of drug-likeness (QED) is 0.729. The lowest BCUT2D eigenvalue weighted by atomic mass is 10.3. The first-order chi connectivity index (χ1) is 5.22. The maximum atomic E-state index is 10.5. The van der Waals surface area contributed by atoms with Gasteiger partial charge in [-0.15, -0.1) is 11.3 Å². The number of carbonyl (C=O) groups is 1. The molecule has 1 amide bonds. The fraction of sp³-hybridized carbons (Fsp3) is 0.375. The Hall–Kier alpha value is -0.830. The zero-order valence-corrected chi connectivity index (χ0v) is 7.28. The van der Waals surface area contributed by atoms with E-state index in [1.165, 1.54) is 4.88 Å². The molecule has 1 rings (SSSR count). The van der Waals surface area contributed by atoms with Crippen molar-refractivity contribution in [2.45, 2.75) is 19.8 Å². The molecule has 0 saturated carbocycles. The number of hydrogen-bond acceptors (Lipinski definition) is 2. The summed E-state index contributed by atoms with van der Waals surface area (Å²) in [7, 11) is 0. The fourth-order valence-electron chi connectivity index (χ4n) is 0.879. The maximum Gasteiger partial charge on any atom is 0.222 e. The van der Waals surface area contributed by atoms with Gasteiger partial charge in [0.25, 0.3) is 0 Å². The molecule has 0 radical (unpaired) electrons. The highest BCUT2D eigenvalue weighted by atomic mass is 32.1. The summed E-state index contributed by atoms with van der Waals surface area (Å²) < 4.78 is 0. The van der Waals surface area contributed by atoms with Crippen molar-refractivity contribution in [1.29, 1.82) is 0 Å². The minimum absolute atomic E-state index is 0.255. The van der Waals surface area contributed by atoms with Crippen LogP contribution in [0.15, 0.2) is 12.1 Å². The van der Waals surface area contributed by atoms with E-state index in [0.29, 0.717) is 6.42 Å². The van der Waals surface area contributed by atoms with Gasteiger partial charge in [-0.05, 0) is 18.6 Å². The summed E-state index contributed by atoms with van der Waals surface area (Å²) >= 11 is 1.66. The van der Waals surface area contributed by atoms with E-state index in [-0.39, 0.29) is 5.91 Å². The molecule has 0 aliphatic heterocycles. The van der Waals surface area contributed by atoms with Crippen molar-refractivity contribution in [2.24, 2.45) is 5.73 Å². The van der Waals surface area contributed by atoms with Crippen LogP contribution in [-0.4, -0.2) is 5.91 Å². The highest BCUT2D eigenvalue weighted by molar-refractivity contribution is 7.12. The Balaban J connectivity index is 2.65. The van der Waals surface area contributed by atoms with Gasteiger partial charge in [-0.25, -0.2) is 0 Å². The molecule has 60 valence electrons. The molecule has 3 heteroatoms. The number of hydrogen-bond donors (Lipinski definition) is 1. The molecular formula is C8H11NOS. The summed E-state index contributed by atoms with van der Waals surface area (Å²) in [4.78, 5) is 12.9. The molecule has 1 heterocycles. The number of carbonyl (C=O) groups excluding carboxylic acids is 1. The van der Waals surface area contributed by atoms with Crippen LogP contribution in [0.2, 0.25) is 0 Å². The topological polar surface area (TPSA) is 43.1 Å². The molecule has 2 N–H and O–H groups in total. The van der Waals surface area contributed by atoms with Crippen LogP contribution in [0.1, 0.15) is 16.7 Å². The average molecular weight is 169 g/mol. The Morgan fingerprint density at radius 1 is 1.55 bits per heavy atom. The van der Waals surface area contributed by atoms with E-state index in [9.17, 15) is 4.79 Å². The SMILES string of the molecule is CCc1ccc(CC(N)=O)s1. The lowest BCUT2D eigenvalue weighted by Crippen LogP contribution is -2.12. The first-order valence-electron chi connectivity index (χ1n) is 3.58. The molecule has 0 bridgehead atoms. The van der Waals surface area contributed by atoms with Gasteiger partial charge in [0.15, 0.2) is 0 Å². The number of thiophene rings is 1. The van der Waals surface area contributed by atoms with Crippen LogP contribution in [0.4, 0.5) is 0 Å². The van der Waals surface area contributed by atoms with Crippen LogP contribution in [0, 0.1) is 0 Å². The van der Waals surface area contributed by atoms with Gasteiger partial charge in [0.2, 0.25) is 5.91 Å². The second kappa shape index (κ2) is 3.53. The molecule has 1 aromatic heterocycles. The van der Waals surface area contributed by atoms with Crippen molar-refractivity contribution in [3.8, 4) is 0 Å². The van der Waals surface area contributed by atoms with Crippen LogP contribution in [-0.2, 0) is 17.6 Å². The monoisotopic (exact) mass is 169 g/mol. The number of amides is 1. The van der Waals surface area contributed by atoms with Gasteiger partial charge in [-0.3, -0.25) is 4.79 Å². The van der Waals surface area contributed by atoms with Crippen LogP contribution in [0.5, 0.6) is 0 Å². The van der Waals surface area contributed by atoms with E-state index < -0.39 is 0 Å². The van der Waals surface area contributed by atoms with Gasteiger partial charge in [0, 0.05) is 9.75 Å². The van der Waals surface area contributed by atoms with Crippen LogP contribution in [0.25, 0.3) is 0 Å². The minimum atomic E-state index is -0.255. The van der Waals surface area contributed by atoms with Crippen LogP contribution in [0.3, 0.4) is 0 Å². The summed E-state index contributed by atoms with van der Waals surface area (Å²) in [5, 5.41) is 0. The molecule has 0 spiro atoms. The number of aryl methyl sites for hydroxylation is 1. The Kier molecular flexibility index (Phi) is 2.65. The first-order valence-corrected chi connectivity index (χ1v) is 4.40. The van der Waals surface area contributed by atoms with Gasteiger partial charge in [-0.1, -0.05) is 6.92 Å². The molecule has 11 heavy (non-hydrogen) atoms. The smallest absolute Gasteiger partial charge is 0.222 e. The standard InChI is InChI=1S/C8H11NOS/c1-2-6-3-4-7(11-6)5-8(9)10/h3-4H,2,5H2,1H3,(H2,9,10). The highest BCUT2D eigenvalue weighted by Gasteiger charge is 2.00. The van der Waals surface area contributed by atoms with Crippen molar-refractivity contribution >= 4 is 17.2 Å². The second-order valence-corrected chi connectivity index (χ2v) is 3.62. The van der Waals surface area contributed by atoms with Gasteiger partial charge in [0.05, 0.1) is 6.42 Å². The van der Waals surface area contributed by atoms with Gasteiger partial charge in [-0.2, -0.15) is 0 Å². The van der Waals surface area contributed by atoms with E-state index >= 15 is 0 Å². The summed E-state index contributed by atoms with van der Waals surface area (Å²) in [6.07, 6.45) is 1.41. The third-order valence-corrected chi connectivity index (χ3v) is 2.64. The molecule has 2 nitrogen and oxygen atoms in total. The molecular weight excluding hydrogens is 158 g/mol. The van der Waals surface area contributed by atoms with E-state index in [0.717, 1.165) is 11.3 Å². The Morgan fingerprint density at radius 2 is 2.18 bits per heavy atom. The lowest BCUT2D eigenvalue weighted by molar-refractivity contribution is -0.117. The molecule has 0 saturated heterocycles. The Morgan fingerprint density at radius 3 is 2.64 bits per heavy atom. The number of primary amides is 1. The average Bonchev–Trinajstić information content (AvgIpc) is 2.34. The van der Waals surface area contributed by atoms with Crippen molar-refractivity contribution in [2.75, 3.05) is 0 Å². The summed E-state index contributed by atoms with van der Waals surface area (Å²) in [5.74, 6) is -0.255. The summed E-state index contributed by atoms with van der Waals surface area (Å²) in [6, 6.07) is 4.01. The van der Waals surface area contributed by atoms with Crippen molar-refractivity contribution in [3.05, 3.63) is 21.9 Å². The Bertz CT molecular complexity index is 254.